The molecule has 0 saturated carbocycles. The number of rotatable bonds is 12. The molecule has 0 spiro atoms. The van der Waals surface area contributed by atoms with Crippen molar-refractivity contribution in [2.75, 3.05) is 26.4 Å². The van der Waals surface area contributed by atoms with Crippen LogP contribution in [0.1, 0.15) is 58.1 Å². The van der Waals surface area contributed by atoms with Crippen LogP contribution in [0.3, 0.4) is 0 Å². The van der Waals surface area contributed by atoms with E-state index in [1.54, 1.807) is 0 Å². The molecule has 2 aromatic rings. The topological polar surface area (TPSA) is 110 Å². The maximum atomic E-state index is 11.6. The normalized spacial score (nSPS) is 12.6. The Morgan fingerprint density at radius 1 is 0.778 bits per heavy atom. The minimum absolute atomic E-state index is 0.186. The molecule has 0 atom stereocenters. The van der Waals surface area contributed by atoms with Crippen molar-refractivity contribution in [1.82, 2.24) is 10.3 Å². The SMILES string of the molecule is CC(C)(CCOCCCOCCC(C)(C)c1co[nH]c1=O)c1co[nH]c1=O. The summed E-state index contributed by atoms with van der Waals surface area (Å²) in [6, 6.07) is 0. The molecule has 27 heavy (non-hydrogen) atoms. The molecule has 0 radical (unpaired) electrons. The van der Waals surface area contributed by atoms with Gasteiger partial charge in [0.2, 0.25) is 0 Å². The first-order chi connectivity index (χ1) is 12.7. The summed E-state index contributed by atoms with van der Waals surface area (Å²) in [5.41, 5.74) is 0.297. The molecule has 2 heterocycles. The minimum atomic E-state index is -0.298. The van der Waals surface area contributed by atoms with Gasteiger partial charge in [0, 0.05) is 37.3 Å². The van der Waals surface area contributed by atoms with Crippen molar-refractivity contribution in [1.29, 1.82) is 0 Å². The number of hydrogen-bond donors (Lipinski definition) is 2. The van der Waals surface area contributed by atoms with Crippen molar-refractivity contribution in [3.05, 3.63) is 44.4 Å². The molecule has 0 amide bonds. The third kappa shape index (κ3) is 5.97. The van der Waals surface area contributed by atoms with E-state index in [-0.39, 0.29) is 21.9 Å². The summed E-state index contributed by atoms with van der Waals surface area (Å²) < 4.78 is 21.0. The number of nitrogens with one attached hydrogen (secondary N) is 2. The molecule has 2 rings (SSSR count). The molecule has 0 aliphatic carbocycles. The first-order valence-electron chi connectivity index (χ1n) is 9.23. The molecule has 0 bridgehead atoms. The van der Waals surface area contributed by atoms with Gasteiger partial charge in [0.1, 0.15) is 12.5 Å². The fourth-order valence-electron chi connectivity index (χ4n) is 2.83. The van der Waals surface area contributed by atoms with E-state index in [0.717, 1.165) is 19.3 Å². The zero-order valence-corrected chi connectivity index (χ0v) is 16.6. The Morgan fingerprint density at radius 2 is 1.19 bits per heavy atom. The first kappa shape index (κ1) is 21.2. The monoisotopic (exact) mass is 382 g/mol. The van der Waals surface area contributed by atoms with Gasteiger partial charge in [-0.25, -0.2) is 0 Å². The van der Waals surface area contributed by atoms with Crippen LogP contribution in [0.2, 0.25) is 0 Å². The highest BCUT2D eigenvalue weighted by atomic mass is 16.5. The van der Waals surface area contributed by atoms with E-state index in [1.165, 1.54) is 12.5 Å². The van der Waals surface area contributed by atoms with Crippen LogP contribution in [-0.2, 0) is 20.3 Å². The van der Waals surface area contributed by atoms with E-state index < -0.39 is 0 Å². The Morgan fingerprint density at radius 3 is 1.52 bits per heavy atom. The molecule has 8 heteroatoms. The molecule has 8 nitrogen and oxygen atoms in total. The molecule has 0 aromatic carbocycles. The lowest BCUT2D eigenvalue weighted by molar-refractivity contribution is 0.0707. The summed E-state index contributed by atoms with van der Waals surface area (Å²) in [6.07, 6.45) is 5.18. The van der Waals surface area contributed by atoms with Crippen molar-refractivity contribution in [2.24, 2.45) is 0 Å². The van der Waals surface area contributed by atoms with Gasteiger partial charge >= 0.3 is 0 Å². The summed E-state index contributed by atoms with van der Waals surface area (Å²) in [5.74, 6) is 0. The van der Waals surface area contributed by atoms with Crippen LogP contribution in [0.4, 0.5) is 0 Å². The molecule has 0 unspecified atom stereocenters. The largest absolute Gasteiger partial charge is 0.387 e. The van der Waals surface area contributed by atoms with Crippen LogP contribution in [0, 0.1) is 0 Å². The van der Waals surface area contributed by atoms with Crippen LogP contribution in [-0.4, -0.2) is 36.7 Å². The lowest BCUT2D eigenvalue weighted by atomic mass is 9.84. The predicted molar refractivity (Wildman–Crippen MR) is 100 cm³/mol. The summed E-state index contributed by atoms with van der Waals surface area (Å²) in [7, 11) is 0. The molecule has 0 fully saturated rings. The Balaban J connectivity index is 1.55. The highest BCUT2D eigenvalue weighted by Gasteiger charge is 2.26. The zero-order valence-electron chi connectivity index (χ0n) is 16.6. The lowest BCUT2D eigenvalue weighted by Crippen LogP contribution is -2.26. The van der Waals surface area contributed by atoms with Crippen molar-refractivity contribution in [3.8, 4) is 0 Å². The van der Waals surface area contributed by atoms with E-state index in [1.807, 2.05) is 27.7 Å². The van der Waals surface area contributed by atoms with Gasteiger partial charge in [0.15, 0.2) is 0 Å². The van der Waals surface area contributed by atoms with E-state index in [9.17, 15) is 9.59 Å². The zero-order chi connectivity index (χ0) is 19.9. The Kier molecular flexibility index (Phi) is 7.26. The Hall–Kier alpha value is -2.06. The molecule has 2 N–H and O–H groups in total. The smallest absolute Gasteiger partial charge is 0.283 e. The van der Waals surface area contributed by atoms with E-state index >= 15 is 0 Å². The maximum absolute atomic E-state index is 11.6. The quantitative estimate of drug-likeness (QED) is 0.546. The Bertz CT molecular complexity index is 729. The molecular formula is C19H30N2O6. The van der Waals surface area contributed by atoms with Gasteiger partial charge in [-0.3, -0.25) is 9.59 Å². The number of aromatic amines is 2. The van der Waals surface area contributed by atoms with Gasteiger partial charge in [-0.05, 0) is 19.3 Å². The van der Waals surface area contributed by atoms with E-state index in [4.69, 9.17) is 18.5 Å². The maximum Gasteiger partial charge on any atom is 0.283 e. The molecule has 0 aliphatic rings. The number of H-pyrrole nitrogens is 2. The van der Waals surface area contributed by atoms with Gasteiger partial charge in [-0.15, -0.1) is 0 Å². The number of hydrogen-bond acceptors (Lipinski definition) is 6. The summed E-state index contributed by atoms with van der Waals surface area (Å²) >= 11 is 0. The summed E-state index contributed by atoms with van der Waals surface area (Å²) in [4.78, 5) is 23.3. The Labute approximate surface area is 158 Å². The van der Waals surface area contributed by atoms with E-state index in [2.05, 4.69) is 10.3 Å². The predicted octanol–water partition coefficient (Wildman–Crippen LogP) is 2.71. The molecule has 0 aliphatic heterocycles. The van der Waals surface area contributed by atoms with Crippen LogP contribution in [0.15, 0.2) is 31.2 Å². The molecule has 0 saturated heterocycles. The number of aromatic nitrogens is 2. The molecule has 2 aromatic heterocycles. The van der Waals surface area contributed by atoms with Gasteiger partial charge in [-0.1, -0.05) is 27.7 Å². The van der Waals surface area contributed by atoms with Crippen LogP contribution < -0.4 is 11.1 Å². The second-order valence-electron chi connectivity index (χ2n) is 8.01. The molecule has 152 valence electrons. The first-order valence-corrected chi connectivity index (χ1v) is 9.23. The fraction of sp³-hybridized carbons (Fsp3) is 0.684. The molecular weight excluding hydrogens is 352 g/mol. The van der Waals surface area contributed by atoms with Gasteiger partial charge < -0.3 is 18.5 Å². The third-order valence-corrected chi connectivity index (χ3v) is 4.92. The second-order valence-corrected chi connectivity index (χ2v) is 8.01. The fourth-order valence-corrected chi connectivity index (χ4v) is 2.83. The van der Waals surface area contributed by atoms with Crippen molar-refractivity contribution < 1.29 is 18.5 Å². The lowest BCUT2D eigenvalue weighted by Gasteiger charge is -2.22. The van der Waals surface area contributed by atoms with Gasteiger partial charge in [0.05, 0.1) is 11.1 Å². The summed E-state index contributed by atoms with van der Waals surface area (Å²) in [6.45, 7) is 10.3. The average Bonchev–Trinajstić information content (AvgIpc) is 3.22. The number of ether oxygens (including phenoxy) is 2. The van der Waals surface area contributed by atoms with Crippen LogP contribution >= 0.6 is 0 Å². The van der Waals surface area contributed by atoms with Crippen molar-refractivity contribution in [3.63, 3.8) is 0 Å². The second kappa shape index (κ2) is 9.23. The van der Waals surface area contributed by atoms with Crippen molar-refractivity contribution in [2.45, 2.75) is 57.8 Å². The highest BCUT2D eigenvalue weighted by molar-refractivity contribution is 5.15. The van der Waals surface area contributed by atoms with E-state index in [0.29, 0.717) is 37.6 Å². The standard InChI is InChI=1S/C19H30N2O6/c1-18(2,14-12-26-20-16(14)22)6-10-24-8-5-9-25-11-7-19(3,4)15-13-27-21-17(15)23/h12-13H,5-11H2,1-4H3,(H,20,22)(H,21,23). The van der Waals surface area contributed by atoms with Gasteiger partial charge in [-0.2, -0.15) is 10.3 Å². The average molecular weight is 382 g/mol. The minimum Gasteiger partial charge on any atom is -0.387 e. The van der Waals surface area contributed by atoms with Crippen molar-refractivity contribution >= 4 is 0 Å². The van der Waals surface area contributed by atoms with Crippen LogP contribution in [0.25, 0.3) is 0 Å². The summed E-state index contributed by atoms with van der Waals surface area (Å²) in [5, 5.41) is 4.63. The van der Waals surface area contributed by atoms with Crippen LogP contribution in [0.5, 0.6) is 0 Å². The highest BCUT2D eigenvalue weighted by Crippen LogP contribution is 2.25. The van der Waals surface area contributed by atoms with Gasteiger partial charge in [0.25, 0.3) is 11.1 Å². The third-order valence-electron chi connectivity index (χ3n) is 4.92.